The van der Waals surface area contributed by atoms with Gasteiger partial charge in [0.1, 0.15) is 5.75 Å². The number of para-hydroxylation sites is 1. The highest BCUT2D eigenvalue weighted by molar-refractivity contribution is 5.38. The summed E-state index contributed by atoms with van der Waals surface area (Å²) in [7, 11) is 0. The minimum absolute atomic E-state index is 0.0287. The summed E-state index contributed by atoms with van der Waals surface area (Å²) in [5.74, 6) is 6.69. The zero-order valence-electron chi connectivity index (χ0n) is 13.0. The van der Waals surface area contributed by atoms with Crippen molar-refractivity contribution in [2.45, 2.75) is 39.3 Å². The molecule has 0 aliphatic carbocycles. The van der Waals surface area contributed by atoms with Crippen LogP contribution >= 0.6 is 0 Å². The van der Waals surface area contributed by atoms with Gasteiger partial charge in [0.05, 0.1) is 12.1 Å². The van der Waals surface area contributed by atoms with Crippen molar-refractivity contribution >= 4 is 0 Å². The summed E-state index contributed by atoms with van der Waals surface area (Å²) < 4.78 is 5.90. The third-order valence-corrected chi connectivity index (χ3v) is 3.54. The second-order valence-corrected chi connectivity index (χ2v) is 5.55. The van der Waals surface area contributed by atoms with Crippen molar-refractivity contribution in [3.05, 3.63) is 65.2 Å². The average Bonchev–Trinajstić information content (AvgIpc) is 2.47. The van der Waals surface area contributed by atoms with Gasteiger partial charge in [0.2, 0.25) is 0 Å². The molecule has 21 heavy (non-hydrogen) atoms. The van der Waals surface area contributed by atoms with E-state index in [1.54, 1.807) is 0 Å². The normalized spacial score (nSPS) is 12.4. The Labute approximate surface area is 127 Å². The third kappa shape index (κ3) is 4.06. The highest BCUT2D eigenvalue weighted by Gasteiger charge is 2.16. The summed E-state index contributed by atoms with van der Waals surface area (Å²) in [5, 5.41) is 0. The number of nitrogens with two attached hydrogens (primary N) is 1. The van der Waals surface area contributed by atoms with Crippen LogP contribution < -0.4 is 16.0 Å². The molecule has 0 saturated carbocycles. The second-order valence-electron chi connectivity index (χ2n) is 5.55. The average molecular weight is 284 g/mol. The predicted molar refractivity (Wildman–Crippen MR) is 87.2 cm³/mol. The molecule has 2 aromatic rings. The van der Waals surface area contributed by atoms with E-state index in [0.717, 1.165) is 17.7 Å². The third-order valence-electron chi connectivity index (χ3n) is 3.54. The van der Waals surface area contributed by atoms with Gasteiger partial charge in [-0.05, 0) is 44.4 Å². The molecule has 0 aliphatic heterocycles. The number of hydrogen-bond acceptors (Lipinski definition) is 3. The Bertz CT molecular complexity index is 581. The van der Waals surface area contributed by atoms with Gasteiger partial charge in [0.15, 0.2) is 0 Å². The Morgan fingerprint density at radius 2 is 1.71 bits per heavy atom. The fourth-order valence-corrected chi connectivity index (χ4v) is 2.45. The van der Waals surface area contributed by atoms with Crippen molar-refractivity contribution < 1.29 is 4.74 Å². The Kier molecular flexibility index (Phi) is 5.37. The fourth-order valence-electron chi connectivity index (χ4n) is 2.45. The quantitative estimate of drug-likeness (QED) is 0.630. The molecule has 3 N–H and O–H groups in total. The van der Waals surface area contributed by atoms with Crippen molar-refractivity contribution in [2.24, 2.45) is 5.84 Å². The molecule has 0 heterocycles. The molecule has 0 fully saturated rings. The van der Waals surface area contributed by atoms with Gasteiger partial charge < -0.3 is 4.74 Å². The molecule has 112 valence electrons. The van der Waals surface area contributed by atoms with E-state index in [9.17, 15) is 0 Å². The first kappa shape index (κ1) is 15.5. The van der Waals surface area contributed by atoms with Gasteiger partial charge in [-0.3, -0.25) is 11.3 Å². The number of hydrogen-bond donors (Lipinski definition) is 2. The van der Waals surface area contributed by atoms with Crippen LogP contribution in [0.5, 0.6) is 5.75 Å². The van der Waals surface area contributed by atoms with Crippen LogP contribution in [-0.2, 0) is 6.42 Å². The second kappa shape index (κ2) is 7.25. The molecular weight excluding hydrogens is 260 g/mol. The van der Waals surface area contributed by atoms with Gasteiger partial charge in [-0.25, -0.2) is 0 Å². The van der Waals surface area contributed by atoms with E-state index in [4.69, 9.17) is 10.6 Å². The molecule has 3 nitrogen and oxygen atoms in total. The van der Waals surface area contributed by atoms with Crippen molar-refractivity contribution in [1.82, 2.24) is 5.43 Å². The molecule has 0 aliphatic rings. The van der Waals surface area contributed by atoms with E-state index >= 15 is 0 Å². The molecule has 1 atom stereocenters. The molecule has 0 aromatic heterocycles. The van der Waals surface area contributed by atoms with Crippen LogP contribution in [0.1, 0.15) is 36.6 Å². The maximum atomic E-state index is 5.90. The first-order valence-electron chi connectivity index (χ1n) is 7.38. The van der Waals surface area contributed by atoms with Gasteiger partial charge in [0, 0.05) is 5.56 Å². The summed E-state index contributed by atoms with van der Waals surface area (Å²) in [6, 6.07) is 16.5. The molecular formula is C18H24N2O. The van der Waals surface area contributed by atoms with E-state index < -0.39 is 0 Å². The smallest absolute Gasteiger partial charge is 0.124 e. The highest BCUT2D eigenvalue weighted by Crippen LogP contribution is 2.28. The number of nitrogens with one attached hydrogen (secondary N) is 1. The monoisotopic (exact) mass is 284 g/mol. The zero-order valence-corrected chi connectivity index (χ0v) is 13.0. The Morgan fingerprint density at radius 1 is 1.05 bits per heavy atom. The first-order chi connectivity index (χ1) is 10.1. The summed E-state index contributed by atoms with van der Waals surface area (Å²) in [5.41, 5.74) is 6.59. The summed E-state index contributed by atoms with van der Waals surface area (Å²) in [6.07, 6.45) is 0.977. The summed E-state index contributed by atoms with van der Waals surface area (Å²) in [4.78, 5) is 0. The summed E-state index contributed by atoms with van der Waals surface area (Å²) >= 11 is 0. The van der Waals surface area contributed by atoms with Gasteiger partial charge in [0.25, 0.3) is 0 Å². The Morgan fingerprint density at radius 3 is 2.38 bits per heavy atom. The van der Waals surface area contributed by atoms with Crippen LogP contribution in [-0.4, -0.2) is 6.10 Å². The molecule has 0 radical (unpaired) electrons. The lowest BCUT2D eigenvalue weighted by molar-refractivity contribution is 0.237. The van der Waals surface area contributed by atoms with Crippen molar-refractivity contribution in [3.63, 3.8) is 0 Å². The molecule has 2 aromatic carbocycles. The lowest BCUT2D eigenvalue weighted by Crippen LogP contribution is -2.30. The standard InChI is InChI=1S/C18H24N2O/c1-13(2)21-18-11-7-6-10-16(18)17(20-19)12-15-9-5-4-8-14(15)3/h4-11,13,17,20H,12,19H2,1-3H3. The van der Waals surface area contributed by atoms with Gasteiger partial charge in [-0.2, -0.15) is 0 Å². The van der Waals surface area contributed by atoms with Crippen LogP contribution in [0, 0.1) is 6.92 Å². The van der Waals surface area contributed by atoms with Crippen LogP contribution in [0.4, 0.5) is 0 Å². The number of ether oxygens (including phenoxy) is 1. The molecule has 0 bridgehead atoms. The largest absolute Gasteiger partial charge is 0.491 e. The highest BCUT2D eigenvalue weighted by atomic mass is 16.5. The van der Waals surface area contributed by atoms with Gasteiger partial charge >= 0.3 is 0 Å². The molecule has 1 unspecified atom stereocenters. The molecule has 3 heteroatoms. The van der Waals surface area contributed by atoms with Crippen LogP contribution in [0.3, 0.4) is 0 Å². The SMILES string of the molecule is Cc1ccccc1CC(NN)c1ccccc1OC(C)C. The fraction of sp³-hybridized carbons (Fsp3) is 0.333. The zero-order chi connectivity index (χ0) is 15.2. The molecule has 0 spiro atoms. The van der Waals surface area contributed by atoms with Crippen molar-refractivity contribution in [2.75, 3.05) is 0 Å². The van der Waals surface area contributed by atoms with Crippen molar-refractivity contribution in [3.8, 4) is 5.75 Å². The maximum absolute atomic E-state index is 5.90. The first-order valence-corrected chi connectivity index (χ1v) is 7.38. The van der Waals surface area contributed by atoms with Gasteiger partial charge in [-0.15, -0.1) is 0 Å². The van der Waals surface area contributed by atoms with Crippen LogP contribution in [0.25, 0.3) is 0 Å². The van der Waals surface area contributed by atoms with Crippen LogP contribution in [0.2, 0.25) is 0 Å². The number of rotatable bonds is 6. The lowest BCUT2D eigenvalue weighted by Gasteiger charge is -2.22. The van der Waals surface area contributed by atoms with Crippen LogP contribution in [0.15, 0.2) is 48.5 Å². The number of hydrazine groups is 1. The van der Waals surface area contributed by atoms with E-state index in [2.05, 4.69) is 42.7 Å². The molecule has 0 amide bonds. The maximum Gasteiger partial charge on any atom is 0.124 e. The Balaban J connectivity index is 2.27. The van der Waals surface area contributed by atoms with E-state index in [1.807, 2.05) is 32.0 Å². The number of benzene rings is 2. The predicted octanol–water partition coefficient (Wildman–Crippen LogP) is 3.53. The Hall–Kier alpha value is -1.84. The topological polar surface area (TPSA) is 47.3 Å². The van der Waals surface area contributed by atoms with E-state index in [0.29, 0.717) is 0 Å². The van der Waals surface area contributed by atoms with E-state index in [1.165, 1.54) is 11.1 Å². The molecule has 0 saturated heterocycles. The number of aryl methyl sites for hydroxylation is 1. The lowest BCUT2D eigenvalue weighted by atomic mass is 9.96. The minimum atomic E-state index is 0.0287. The van der Waals surface area contributed by atoms with Crippen molar-refractivity contribution in [1.29, 1.82) is 0 Å². The minimum Gasteiger partial charge on any atom is -0.491 e. The van der Waals surface area contributed by atoms with E-state index in [-0.39, 0.29) is 12.1 Å². The molecule has 2 rings (SSSR count). The summed E-state index contributed by atoms with van der Waals surface area (Å²) in [6.45, 7) is 6.19. The van der Waals surface area contributed by atoms with Gasteiger partial charge in [-0.1, -0.05) is 42.5 Å².